The topological polar surface area (TPSA) is 43.1 Å². The van der Waals surface area contributed by atoms with E-state index in [0.29, 0.717) is 5.57 Å². The summed E-state index contributed by atoms with van der Waals surface area (Å²) < 4.78 is 0. The average molecular weight is 231 g/mol. The number of carbonyl (C=O) groups excluding carboxylic acids is 1. The molecule has 92 valence electrons. The van der Waals surface area contributed by atoms with Crippen molar-refractivity contribution in [2.45, 2.75) is 39.0 Å². The van der Waals surface area contributed by atoms with Crippen molar-refractivity contribution >= 4 is 11.5 Å². The van der Waals surface area contributed by atoms with Gasteiger partial charge in [-0.2, -0.15) is 0 Å². The maximum Gasteiger partial charge on any atom is 0.248 e. The molecule has 0 unspecified atom stereocenters. The largest absolute Gasteiger partial charge is 0.366 e. The molecule has 0 saturated carbocycles. The maximum absolute atomic E-state index is 11.0. The van der Waals surface area contributed by atoms with Gasteiger partial charge in [0.25, 0.3) is 0 Å². The van der Waals surface area contributed by atoms with Crippen molar-refractivity contribution in [3.63, 3.8) is 0 Å². The van der Waals surface area contributed by atoms with Crippen molar-refractivity contribution in [3.05, 3.63) is 42.0 Å². The minimum atomic E-state index is -0.458. The van der Waals surface area contributed by atoms with E-state index in [1.807, 2.05) is 12.1 Å². The van der Waals surface area contributed by atoms with Gasteiger partial charge in [-0.1, -0.05) is 57.0 Å². The molecule has 1 aromatic rings. The number of hydrogen-bond donors (Lipinski definition) is 1. The van der Waals surface area contributed by atoms with Gasteiger partial charge in [0.05, 0.1) is 0 Å². The van der Waals surface area contributed by atoms with Crippen LogP contribution in [0.15, 0.2) is 30.8 Å². The molecule has 0 heterocycles. The second-order valence-electron chi connectivity index (χ2n) is 4.35. The lowest BCUT2D eigenvalue weighted by Crippen LogP contribution is -2.11. The first kappa shape index (κ1) is 13.5. The van der Waals surface area contributed by atoms with Gasteiger partial charge in [0.15, 0.2) is 0 Å². The van der Waals surface area contributed by atoms with E-state index in [2.05, 4.69) is 25.6 Å². The Hall–Kier alpha value is -1.57. The van der Waals surface area contributed by atoms with Gasteiger partial charge in [0.2, 0.25) is 5.91 Å². The highest BCUT2D eigenvalue weighted by molar-refractivity contribution is 6.17. The first-order valence-corrected chi connectivity index (χ1v) is 6.23. The predicted molar refractivity (Wildman–Crippen MR) is 72.5 cm³/mol. The molecule has 0 aliphatic carbocycles. The van der Waals surface area contributed by atoms with Crippen LogP contribution in [0.3, 0.4) is 0 Å². The Morgan fingerprint density at radius 3 is 2.35 bits per heavy atom. The fourth-order valence-electron chi connectivity index (χ4n) is 1.77. The summed E-state index contributed by atoms with van der Waals surface area (Å²) in [5, 5.41) is 0. The SMILES string of the molecule is C=C(C(N)=O)c1ccc(CCCCCC)cc1. The van der Waals surface area contributed by atoms with Crippen molar-refractivity contribution < 1.29 is 4.79 Å². The molecule has 0 spiro atoms. The molecule has 0 saturated heterocycles. The van der Waals surface area contributed by atoms with E-state index in [-0.39, 0.29) is 0 Å². The lowest BCUT2D eigenvalue weighted by Gasteiger charge is -2.04. The molecule has 2 nitrogen and oxygen atoms in total. The number of benzene rings is 1. The molecule has 0 fully saturated rings. The number of carbonyl (C=O) groups is 1. The van der Waals surface area contributed by atoms with E-state index < -0.39 is 5.91 Å². The van der Waals surface area contributed by atoms with Crippen LogP contribution in [-0.2, 0) is 11.2 Å². The Bertz CT molecular complexity index is 378. The summed E-state index contributed by atoms with van der Waals surface area (Å²) in [6, 6.07) is 7.94. The van der Waals surface area contributed by atoms with E-state index in [9.17, 15) is 4.79 Å². The molecule has 0 atom stereocenters. The first-order chi connectivity index (χ1) is 8.15. The second-order valence-corrected chi connectivity index (χ2v) is 4.35. The third-order valence-electron chi connectivity index (χ3n) is 2.92. The quantitative estimate of drug-likeness (QED) is 0.568. The van der Waals surface area contributed by atoms with Gasteiger partial charge in [-0.25, -0.2) is 0 Å². The summed E-state index contributed by atoms with van der Waals surface area (Å²) >= 11 is 0. The van der Waals surface area contributed by atoms with Gasteiger partial charge in [-0.05, 0) is 24.0 Å². The fourth-order valence-corrected chi connectivity index (χ4v) is 1.77. The number of amides is 1. The van der Waals surface area contributed by atoms with Crippen LogP contribution in [0.25, 0.3) is 5.57 Å². The van der Waals surface area contributed by atoms with E-state index in [1.165, 1.54) is 31.2 Å². The monoisotopic (exact) mass is 231 g/mol. The molecule has 0 aliphatic rings. The number of unbranched alkanes of at least 4 members (excludes halogenated alkanes) is 3. The van der Waals surface area contributed by atoms with Crippen molar-refractivity contribution in [2.24, 2.45) is 5.73 Å². The molecule has 2 heteroatoms. The molecular formula is C15H21NO. The molecule has 17 heavy (non-hydrogen) atoms. The molecule has 0 radical (unpaired) electrons. The second kappa shape index (κ2) is 6.89. The van der Waals surface area contributed by atoms with Gasteiger partial charge in [-0.15, -0.1) is 0 Å². The summed E-state index contributed by atoms with van der Waals surface area (Å²) in [4.78, 5) is 11.0. The van der Waals surface area contributed by atoms with Gasteiger partial charge in [-0.3, -0.25) is 4.79 Å². The zero-order valence-electron chi connectivity index (χ0n) is 10.5. The maximum atomic E-state index is 11.0. The molecule has 0 bridgehead atoms. The Kier molecular flexibility index (Phi) is 5.47. The van der Waals surface area contributed by atoms with E-state index in [4.69, 9.17) is 5.73 Å². The molecule has 0 aromatic heterocycles. The molecule has 1 amide bonds. The van der Waals surface area contributed by atoms with Gasteiger partial charge < -0.3 is 5.73 Å². The molecule has 2 N–H and O–H groups in total. The van der Waals surface area contributed by atoms with Crippen LogP contribution >= 0.6 is 0 Å². The lowest BCUT2D eigenvalue weighted by molar-refractivity contribution is -0.112. The van der Waals surface area contributed by atoms with Gasteiger partial charge in [0.1, 0.15) is 0 Å². The summed E-state index contributed by atoms with van der Waals surface area (Å²) in [5.74, 6) is -0.458. The van der Waals surface area contributed by atoms with Crippen molar-refractivity contribution in [1.82, 2.24) is 0 Å². The predicted octanol–water partition coefficient (Wildman–Crippen LogP) is 3.31. The fraction of sp³-hybridized carbons (Fsp3) is 0.400. The summed E-state index contributed by atoms with van der Waals surface area (Å²) in [6.07, 6.45) is 6.17. The van der Waals surface area contributed by atoms with Crippen LogP contribution in [0.1, 0.15) is 43.7 Å². The highest BCUT2D eigenvalue weighted by atomic mass is 16.1. The van der Waals surface area contributed by atoms with E-state index >= 15 is 0 Å². The van der Waals surface area contributed by atoms with Crippen LogP contribution in [0.4, 0.5) is 0 Å². The molecule has 0 aliphatic heterocycles. The van der Waals surface area contributed by atoms with Crippen LogP contribution in [0, 0.1) is 0 Å². The Morgan fingerprint density at radius 1 is 1.18 bits per heavy atom. The number of rotatable bonds is 7. The zero-order chi connectivity index (χ0) is 12.7. The van der Waals surface area contributed by atoms with Gasteiger partial charge >= 0.3 is 0 Å². The highest BCUT2D eigenvalue weighted by Crippen LogP contribution is 2.14. The van der Waals surface area contributed by atoms with Crippen LogP contribution in [-0.4, -0.2) is 5.91 Å². The third-order valence-corrected chi connectivity index (χ3v) is 2.92. The van der Waals surface area contributed by atoms with Crippen LogP contribution in [0.2, 0.25) is 0 Å². The average Bonchev–Trinajstić information content (AvgIpc) is 2.34. The molecule has 1 aromatic carbocycles. The Labute approximate surface area is 104 Å². The molecule has 1 rings (SSSR count). The van der Waals surface area contributed by atoms with Crippen molar-refractivity contribution in [3.8, 4) is 0 Å². The lowest BCUT2D eigenvalue weighted by atomic mass is 10.0. The third kappa shape index (κ3) is 4.43. The van der Waals surface area contributed by atoms with Gasteiger partial charge in [0, 0.05) is 5.57 Å². The standard InChI is InChI=1S/C15H21NO/c1-3-4-5-6-7-13-8-10-14(11-9-13)12(2)15(16)17/h8-11H,2-7H2,1H3,(H2,16,17). The number of hydrogen-bond acceptors (Lipinski definition) is 1. The smallest absolute Gasteiger partial charge is 0.248 e. The first-order valence-electron chi connectivity index (χ1n) is 6.23. The number of aryl methyl sites for hydroxylation is 1. The van der Waals surface area contributed by atoms with E-state index in [1.54, 1.807) is 0 Å². The van der Waals surface area contributed by atoms with Crippen LogP contribution in [0.5, 0.6) is 0 Å². The molecular weight excluding hydrogens is 210 g/mol. The minimum Gasteiger partial charge on any atom is -0.366 e. The number of nitrogens with two attached hydrogens (primary N) is 1. The Balaban J connectivity index is 2.50. The highest BCUT2D eigenvalue weighted by Gasteiger charge is 2.04. The number of primary amides is 1. The van der Waals surface area contributed by atoms with Crippen LogP contribution < -0.4 is 5.73 Å². The van der Waals surface area contributed by atoms with E-state index in [0.717, 1.165) is 12.0 Å². The normalized spacial score (nSPS) is 10.2. The van der Waals surface area contributed by atoms with Crippen molar-refractivity contribution in [1.29, 1.82) is 0 Å². The summed E-state index contributed by atoms with van der Waals surface area (Å²) in [7, 11) is 0. The Morgan fingerprint density at radius 2 is 1.82 bits per heavy atom. The van der Waals surface area contributed by atoms with Crippen molar-refractivity contribution in [2.75, 3.05) is 0 Å². The minimum absolute atomic E-state index is 0.377. The zero-order valence-corrected chi connectivity index (χ0v) is 10.5. The summed E-state index contributed by atoms with van der Waals surface area (Å²) in [5.41, 5.74) is 7.68. The summed E-state index contributed by atoms with van der Waals surface area (Å²) in [6.45, 7) is 5.88.